The Labute approximate surface area is 65.1 Å². The van der Waals surface area contributed by atoms with E-state index in [-0.39, 0.29) is 6.67 Å². The average Bonchev–Trinajstić information content (AvgIpc) is 1.79. The molecule has 11 heavy (non-hydrogen) atoms. The molecule has 0 aromatic rings. The SMILES string of the molecule is CC(C)(C)OC(=O)NCN=O. The summed E-state index contributed by atoms with van der Waals surface area (Å²) in [6.45, 7) is 4.96. The van der Waals surface area contributed by atoms with Crippen LogP contribution in [0.2, 0.25) is 0 Å². The topological polar surface area (TPSA) is 67.8 Å². The van der Waals surface area contributed by atoms with Crippen molar-refractivity contribution in [3.8, 4) is 0 Å². The van der Waals surface area contributed by atoms with Gasteiger partial charge in [0.15, 0.2) is 6.67 Å². The van der Waals surface area contributed by atoms with Crippen LogP contribution in [0.4, 0.5) is 4.79 Å². The van der Waals surface area contributed by atoms with E-state index in [0.717, 1.165) is 0 Å². The smallest absolute Gasteiger partial charge is 0.409 e. The largest absolute Gasteiger partial charge is 0.444 e. The molecular formula is C6H12N2O3. The van der Waals surface area contributed by atoms with Gasteiger partial charge in [0.1, 0.15) is 5.60 Å². The van der Waals surface area contributed by atoms with Crippen LogP contribution in [-0.2, 0) is 4.74 Å². The highest BCUT2D eigenvalue weighted by Crippen LogP contribution is 2.05. The Bertz CT molecular complexity index is 150. The van der Waals surface area contributed by atoms with Gasteiger partial charge >= 0.3 is 6.09 Å². The fourth-order valence-corrected chi connectivity index (χ4v) is 0.411. The number of hydrogen-bond acceptors (Lipinski definition) is 4. The van der Waals surface area contributed by atoms with Crippen molar-refractivity contribution in [2.75, 3.05) is 6.67 Å². The minimum absolute atomic E-state index is 0.255. The highest BCUT2D eigenvalue weighted by Gasteiger charge is 2.15. The number of ether oxygens (including phenoxy) is 1. The van der Waals surface area contributed by atoms with Crippen molar-refractivity contribution in [1.82, 2.24) is 5.32 Å². The number of alkyl carbamates (subject to hydrolysis) is 1. The second kappa shape index (κ2) is 3.90. The van der Waals surface area contributed by atoms with Crippen LogP contribution in [0, 0.1) is 4.91 Å². The van der Waals surface area contributed by atoms with Crippen LogP contribution in [-0.4, -0.2) is 18.4 Å². The van der Waals surface area contributed by atoms with Gasteiger partial charge in [0.25, 0.3) is 0 Å². The van der Waals surface area contributed by atoms with Crippen LogP contribution in [0.5, 0.6) is 0 Å². The molecule has 1 N–H and O–H groups in total. The molecular weight excluding hydrogens is 148 g/mol. The molecule has 0 atom stereocenters. The molecule has 0 aliphatic heterocycles. The molecule has 0 radical (unpaired) electrons. The molecule has 0 aromatic heterocycles. The van der Waals surface area contributed by atoms with Crippen molar-refractivity contribution in [2.45, 2.75) is 26.4 Å². The molecule has 5 nitrogen and oxygen atoms in total. The Morgan fingerprint density at radius 1 is 1.55 bits per heavy atom. The van der Waals surface area contributed by atoms with E-state index < -0.39 is 11.7 Å². The third-order valence-corrected chi connectivity index (χ3v) is 0.687. The number of amides is 1. The first kappa shape index (κ1) is 9.87. The number of nitrogens with one attached hydrogen (secondary N) is 1. The Morgan fingerprint density at radius 3 is 2.45 bits per heavy atom. The number of rotatable bonds is 2. The maximum Gasteiger partial charge on any atom is 0.409 e. The molecule has 1 amide bonds. The fraction of sp³-hybridized carbons (Fsp3) is 0.833. The van der Waals surface area contributed by atoms with Crippen LogP contribution < -0.4 is 5.32 Å². The van der Waals surface area contributed by atoms with Gasteiger partial charge in [0.05, 0.1) is 0 Å². The van der Waals surface area contributed by atoms with E-state index in [4.69, 9.17) is 4.74 Å². The van der Waals surface area contributed by atoms with E-state index in [2.05, 4.69) is 10.5 Å². The summed E-state index contributed by atoms with van der Waals surface area (Å²) in [4.78, 5) is 20.2. The second-order valence-corrected chi connectivity index (χ2v) is 2.97. The lowest BCUT2D eigenvalue weighted by atomic mass is 10.2. The molecule has 0 heterocycles. The maximum atomic E-state index is 10.7. The predicted octanol–water partition coefficient (Wildman–Crippen LogP) is 1.23. The minimum atomic E-state index is -0.628. The van der Waals surface area contributed by atoms with E-state index in [1.807, 2.05) is 0 Å². The van der Waals surface area contributed by atoms with Crippen LogP contribution >= 0.6 is 0 Å². The maximum absolute atomic E-state index is 10.7. The van der Waals surface area contributed by atoms with Crippen molar-refractivity contribution >= 4 is 6.09 Å². The zero-order chi connectivity index (χ0) is 8.91. The van der Waals surface area contributed by atoms with E-state index in [1.54, 1.807) is 20.8 Å². The molecule has 5 heteroatoms. The molecule has 0 aliphatic rings. The lowest BCUT2D eigenvalue weighted by Crippen LogP contribution is -2.32. The molecule has 0 saturated heterocycles. The molecule has 64 valence electrons. The molecule has 0 aromatic carbocycles. The Hall–Kier alpha value is -1.13. The summed E-state index contributed by atoms with van der Waals surface area (Å²) in [6.07, 6.45) is -0.628. The quantitative estimate of drug-likeness (QED) is 0.618. The summed E-state index contributed by atoms with van der Waals surface area (Å²) in [5.41, 5.74) is -0.535. The number of carbonyl (C=O) groups excluding carboxylic acids is 1. The lowest BCUT2D eigenvalue weighted by Gasteiger charge is -2.18. The predicted molar refractivity (Wildman–Crippen MR) is 40.0 cm³/mol. The molecule has 0 fully saturated rings. The van der Waals surface area contributed by atoms with E-state index >= 15 is 0 Å². The Morgan fingerprint density at radius 2 is 2.09 bits per heavy atom. The van der Waals surface area contributed by atoms with Gasteiger partial charge in [-0.25, -0.2) is 4.79 Å². The molecule has 0 rings (SSSR count). The van der Waals surface area contributed by atoms with Crippen LogP contribution in [0.3, 0.4) is 0 Å². The highest BCUT2D eigenvalue weighted by molar-refractivity contribution is 5.67. The molecule has 0 saturated carbocycles. The molecule has 0 spiro atoms. The van der Waals surface area contributed by atoms with Crippen molar-refractivity contribution in [2.24, 2.45) is 5.18 Å². The van der Waals surface area contributed by atoms with E-state index in [1.165, 1.54) is 0 Å². The van der Waals surface area contributed by atoms with Gasteiger partial charge in [-0.2, -0.15) is 0 Å². The molecule has 0 aliphatic carbocycles. The summed E-state index contributed by atoms with van der Waals surface area (Å²) >= 11 is 0. The van der Waals surface area contributed by atoms with Crippen molar-refractivity contribution < 1.29 is 9.53 Å². The third-order valence-electron chi connectivity index (χ3n) is 0.687. The van der Waals surface area contributed by atoms with Crippen LogP contribution in [0.25, 0.3) is 0 Å². The third kappa shape index (κ3) is 6.76. The van der Waals surface area contributed by atoms with Gasteiger partial charge in [-0.3, -0.25) is 5.32 Å². The van der Waals surface area contributed by atoms with E-state index in [0.29, 0.717) is 0 Å². The van der Waals surface area contributed by atoms with Gasteiger partial charge in [-0.05, 0) is 25.9 Å². The summed E-state index contributed by atoms with van der Waals surface area (Å²) in [6, 6.07) is 0. The standard InChI is InChI=1S/C6H12N2O3/c1-6(2,3)11-5(9)7-4-8-10/h4H2,1-3H3,(H,7,9). The minimum Gasteiger partial charge on any atom is -0.444 e. The van der Waals surface area contributed by atoms with Crippen molar-refractivity contribution in [3.05, 3.63) is 4.91 Å². The first-order chi connectivity index (χ1) is 4.95. The van der Waals surface area contributed by atoms with E-state index in [9.17, 15) is 9.70 Å². The summed E-state index contributed by atoms with van der Waals surface area (Å²) in [7, 11) is 0. The highest BCUT2D eigenvalue weighted by atomic mass is 16.6. The summed E-state index contributed by atoms with van der Waals surface area (Å²) in [5, 5.41) is 4.59. The fourth-order valence-electron chi connectivity index (χ4n) is 0.411. The zero-order valence-corrected chi connectivity index (χ0v) is 6.88. The number of hydrogen-bond donors (Lipinski definition) is 1. The van der Waals surface area contributed by atoms with Gasteiger partial charge < -0.3 is 4.74 Å². The van der Waals surface area contributed by atoms with Gasteiger partial charge in [-0.15, -0.1) is 4.91 Å². The van der Waals surface area contributed by atoms with Crippen molar-refractivity contribution in [3.63, 3.8) is 0 Å². The van der Waals surface area contributed by atoms with Crippen LogP contribution in [0.15, 0.2) is 5.18 Å². The van der Waals surface area contributed by atoms with Crippen LogP contribution in [0.1, 0.15) is 20.8 Å². The normalized spacial score (nSPS) is 10.5. The Kier molecular flexibility index (Phi) is 3.50. The molecule has 0 unspecified atom stereocenters. The van der Waals surface area contributed by atoms with Gasteiger partial charge in [0.2, 0.25) is 0 Å². The second-order valence-electron chi connectivity index (χ2n) is 2.97. The van der Waals surface area contributed by atoms with Gasteiger partial charge in [0, 0.05) is 0 Å². The Balaban J connectivity index is 3.61. The molecule has 0 bridgehead atoms. The summed E-state index contributed by atoms with van der Waals surface area (Å²) < 4.78 is 4.79. The number of carbonyl (C=O) groups is 1. The lowest BCUT2D eigenvalue weighted by molar-refractivity contribution is 0.0529. The first-order valence-electron chi connectivity index (χ1n) is 3.21. The zero-order valence-electron chi connectivity index (χ0n) is 6.88. The number of nitrogens with zero attached hydrogens (tertiary/aromatic N) is 1. The summed E-state index contributed by atoms with van der Waals surface area (Å²) in [5.74, 6) is 0. The van der Waals surface area contributed by atoms with Gasteiger partial charge in [-0.1, -0.05) is 0 Å². The monoisotopic (exact) mass is 160 g/mol. The number of nitroso groups, excluding NO2 is 1. The van der Waals surface area contributed by atoms with Crippen molar-refractivity contribution in [1.29, 1.82) is 0 Å². The first-order valence-corrected chi connectivity index (χ1v) is 3.21. The average molecular weight is 160 g/mol.